The van der Waals surface area contributed by atoms with Gasteiger partial charge < -0.3 is 18.9 Å². The molecule has 1 aromatic carbocycles. The fraction of sp³-hybridized carbons (Fsp3) is 0.636. The van der Waals surface area contributed by atoms with Crippen molar-refractivity contribution in [2.75, 3.05) is 11.9 Å². The molecule has 0 radical (unpaired) electrons. The van der Waals surface area contributed by atoms with Crippen LogP contribution < -0.4 is 5.32 Å². The van der Waals surface area contributed by atoms with E-state index < -0.39 is 24.3 Å². The molecule has 1 N–H and O–H groups in total. The van der Waals surface area contributed by atoms with Crippen molar-refractivity contribution in [2.45, 2.75) is 83.3 Å². The van der Waals surface area contributed by atoms with Crippen LogP contribution in [0.25, 0.3) is 0 Å². The first-order valence-corrected chi connectivity index (χ1v) is 10.7. The molecule has 2 saturated heterocycles. The number of nitrogens with one attached hydrogen (secondary N) is 1. The Morgan fingerprint density at radius 2 is 1.87 bits per heavy atom. The minimum Gasteiger partial charge on any atom is -0.350 e. The summed E-state index contributed by atoms with van der Waals surface area (Å²) in [7, 11) is 0. The van der Waals surface area contributed by atoms with E-state index in [1.54, 1.807) is 12.1 Å². The Kier molecular flexibility index (Phi) is 8.21. The zero-order valence-corrected chi connectivity index (χ0v) is 17.9. The Hall–Kier alpha value is -2.00. The number of rotatable bonds is 10. The van der Waals surface area contributed by atoms with Crippen LogP contribution in [0.15, 0.2) is 35.5 Å². The highest BCUT2D eigenvalue weighted by atomic mass is 16.8. The van der Waals surface area contributed by atoms with Crippen molar-refractivity contribution >= 4 is 18.0 Å². The van der Waals surface area contributed by atoms with E-state index in [1.165, 1.54) is 25.5 Å². The van der Waals surface area contributed by atoms with E-state index in [-0.39, 0.29) is 12.2 Å². The molecule has 2 fully saturated rings. The van der Waals surface area contributed by atoms with Gasteiger partial charge in [0.2, 0.25) is 0 Å². The lowest BCUT2D eigenvalue weighted by Crippen LogP contribution is -2.31. The standard InChI is InChI=1S/C22H32N2O6/c1-4-5-6-7-11-14-26-20-19-18(28-22(2,3)29-19)17(27-20)15-23-30-21(25)24-16-12-9-8-10-13-16/h8-10,12-13,15,17-20H,4-7,11,14H2,1-3H3,(H,24,25)/b23-15+/t17-,18+,19+,20+/m1/s1. The van der Waals surface area contributed by atoms with Crippen LogP contribution in [-0.2, 0) is 23.8 Å². The maximum atomic E-state index is 11.9. The summed E-state index contributed by atoms with van der Waals surface area (Å²) in [6.07, 6.45) is 4.68. The van der Waals surface area contributed by atoms with Gasteiger partial charge in [-0.1, -0.05) is 56.0 Å². The zero-order valence-electron chi connectivity index (χ0n) is 17.9. The minimum absolute atomic E-state index is 0.356. The number of para-hydroxylation sites is 1. The topological polar surface area (TPSA) is 87.6 Å². The lowest BCUT2D eigenvalue weighted by Gasteiger charge is -2.23. The number of benzene rings is 1. The van der Waals surface area contributed by atoms with Gasteiger partial charge in [-0.15, -0.1) is 0 Å². The van der Waals surface area contributed by atoms with Crippen molar-refractivity contribution in [1.29, 1.82) is 0 Å². The molecule has 166 valence electrons. The fourth-order valence-electron chi connectivity index (χ4n) is 3.55. The van der Waals surface area contributed by atoms with Crippen molar-refractivity contribution < 1.29 is 28.6 Å². The number of ether oxygens (including phenoxy) is 4. The van der Waals surface area contributed by atoms with Gasteiger partial charge in [-0.2, -0.15) is 0 Å². The van der Waals surface area contributed by atoms with Crippen LogP contribution in [0.5, 0.6) is 0 Å². The van der Waals surface area contributed by atoms with Crippen molar-refractivity contribution in [3.8, 4) is 0 Å². The SMILES string of the molecule is CCCCCCCO[C@H]1O[C@H](/C=N/OC(=O)Nc2ccccc2)[C@@H]2OC(C)(C)O[C@H]12. The summed E-state index contributed by atoms with van der Waals surface area (Å²) in [6, 6.07) is 9.00. The van der Waals surface area contributed by atoms with E-state index in [4.69, 9.17) is 23.8 Å². The van der Waals surface area contributed by atoms with Gasteiger partial charge in [0.15, 0.2) is 12.1 Å². The molecule has 0 bridgehead atoms. The molecule has 2 aliphatic rings. The van der Waals surface area contributed by atoms with Crippen LogP contribution in [0, 0.1) is 0 Å². The Bertz CT molecular complexity index is 696. The maximum absolute atomic E-state index is 11.9. The summed E-state index contributed by atoms with van der Waals surface area (Å²) in [5.41, 5.74) is 0.622. The van der Waals surface area contributed by atoms with E-state index >= 15 is 0 Å². The fourth-order valence-corrected chi connectivity index (χ4v) is 3.55. The van der Waals surface area contributed by atoms with Gasteiger partial charge in [-0.25, -0.2) is 4.79 Å². The largest absolute Gasteiger partial charge is 0.437 e. The highest BCUT2D eigenvalue weighted by molar-refractivity contribution is 5.84. The second kappa shape index (κ2) is 10.9. The number of carbonyl (C=O) groups is 1. The van der Waals surface area contributed by atoms with E-state index in [0.29, 0.717) is 12.3 Å². The smallest absolute Gasteiger partial charge is 0.350 e. The molecular weight excluding hydrogens is 388 g/mol. The second-order valence-electron chi connectivity index (χ2n) is 7.94. The lowest BCUT2D eigenvalue weighted by atomic mass is 10.1. The summed E-state index contributed by atoms with van der Waals surface area (Å²) < 4.78 is 23.8. The van der Waals surface area contributed by atoms with Gasteiger partial charge in [-0.05, 0) is 32.4 Å². The van der Waals surface area contributed by atoms with Crippen molar-refractivity contribution in [3.63, 3.8) is 0 Å². The highest BCUT2D eigenvalue weighted by Crippen LogP contribution is 2.38. The Morgan fingerprint density at radius 1 is 1.13 bits per heavy atom. The van der Waals surface area contributed by atoms with Crippen LogP contribution >= 0.6 is 0 Å². The second-order valence-corrected chi connectivity index (χ2v) is 7.94. The highest BCUT2D eigenvalue weighted by Gasteiger charge is 2.55. The minimum atomic E-state index is -0.737. The average molecular weight is 421 g/mol. The van der Waals surface area contributed by atoms with Gasteiger partial charge in [-0.3, -0.25) is 10.2 Å². The molecule has 8 heteroatoms. The zero-order chi connectivity index (χ0) is 21.4. The van der Waals surface area contributed by atoms with Crippen LogP contribution in [0.4, 0.5) is 10.5 Å². The lowest BCUT2D eigenvalue weighted by molar-refractivity contribution is -0.225. The number of amides is 1. The molecule has 0 spiro atoms. The molecule has 0 aliphatic carbocycles. The summed E-state index contributed by atoms with van der Waals surface area (Å²) in [5.74, 6) is -0.737. The number of oxime groups is 1. The van der Waals surface area contributed by atoms with E-state index in [0.717, 1.165) is 12.8 Å². The van der Waals surface area contributed by atoms with Crippen molar-refractivity contribution in [3.05, 3.63) is 30.3 Å². The Balaban J connectivity index is 1.48. The van der Waals surface area contributed by atoms with Gasteiger partial charge in [0.25, 0.3) is 0 Å². The van der Waals surface area contributed by atoms with E-state index in [9.17, 15) is 4.79 Å². The molecule has 8 nitrogen and oxygen atoms in total. The van der Waals surface area contributed by atoms with Gasteiger partial charge in [0, 0.05) is 12.3 Å². The number of anilines is 1. The van der Waals surface area contributed by atoms with E-state index in [2.05, 4.69) is 17.4 Å². The molecule has 0 saturated carbocycles. The molecule has 3 rings (SSSR count). The van der Waals surface area contributed by atoms with Gasteiger partial charge in [0.05, 0.1) is 6.21 Å². The number of carbonyl (C=O) groups excluding carboxylic acids is 1. The van der Waals surface area contributed by atoms with Crippen LogP contribution in [0.3, 0.4) is 0 Å². The van der Waals surface area contributed by atoms with Crippen molar-refractivity contribution in [2.24, 2.45) is 5.16 Å². The maximum Gasteiger partial charge on any atom is 0.437 e. The van der Waals surface area contributed by atoms with Crippen molar-refractivity contribution in [1.82, 2.24) is 0 Å². The normalized spacial score (nSPS) is 27.3. The number of hydrogen-bond donors (Lipinski definition) is 1. The first-order valence-electron chi connectivity index (χ1n) is 10.7. The van der Waals surface area contributed by atoms with Crippen LogP contribution in [0.1, 0.15) is 52.9 Å². The molecular formula is C22H32N2O6. The number of hydrogen-bond acceptors (Lipinski definition) is 7. The third kappa shape index (κ3) is 6.50. The molecule has 30 heavy (non-hydrogen) atoms. The summed E-state index contributed by atoms with van der Waals surface area (Å²) >= 11 is 0. The Morgan fingerprint density at radius 3 is 2.63 bits per heavy atom. The third-order valence-corrected chi connectivity index (χ3v) is 4.94. The number of unbranched alkanes of at least 4 members (excludes halogenated alkanes) is 4. The number of fused-ring (bicyclic) bond motifs is 1. The number of nitrogens with zero attached hydrogens (tertiary/aromatic N) is 1. The van der Waals surface area contributed by atoms with Crippen LogP contribution in [0.2, 0.25) is 0 Å². The molecule has 4 atom stereocenters. The molecule has 1 aromatic rings. The van der Waals surface area contributed by atoms with Gasteiger partial charge >= 0.3 is 6.09 Å². The predicted octanol–water partition coefficient (Wildman–Crippen LogP) is 4.45. The molecule has 2 heterocycles. The molecule has 2 aliphatic heterocycles. The summed E-state index contributed by atoms with van der Waals surface area (Å²) in [6.45, 7) is 6.50. The van der Waals surface area contributed by atoms with E-state index in [1.807, 2.05) is 32.0 Å². The average Bonchev–Trinajstić information content (AvgIpc) is 3.19. The molecule has 0 unspecified atom stereocenters. The first-order chi connectivity index (χ1) is 14.5. The van der Waals surface area contributed by atoms with Crippen LogP contribution in [-0.4, -0.2) is 49.3 Å². The molecule has 0 aromatic heterocycles. The predicted molar refractivity (Wildman–Crippen MR) is 112 cm³/mol. The Labute approximate surface area is 177 Å². The first kappa shape index (κ1) is 22.7. The summed E-state index contributed by atoms with van der Waals surface area (Å²) in [5, 5.41) is 6.36. The van der Waals surface area contributed by atoms with Gasteiger partial charge in [0.1, 0.15) is 18.3 Å². The third-order valence-electron chi connectivity index (χ3n) is 4.94. The molecule has 1 amide bonds. The quantitative estimate of drug-likeness (QED) is 0.260. The summed E-state index contributed by atoms with van der Waals surface area (Å²) in [4.78, 5) is 16.7. The monoisotopic (exact) mass is 420 g/mol.